The molecule has 2 fully saturated rings. The predicted octanol–water partition coefficient (Wildman–Crippen LogP) is 0.196. The van der Waals surface area contributed by atoms with Crippen LogP contribution in [-0.4, -0.2) is 49.6 Å². The first-order valence-electron chi connectivity index (χ1n) is 6.53. The number of rotatable bonds is 5. The highest BCUT2D eigenvalue weighted by atomic mass is 16.2. The van der Waals surface area contributed by atoms with Gasteiger partial charge in [-0.3, -0.25) is 9.69 Å². The molecule has 16 heavy (non-hydrogen) atoms. The maximum atomic E-state index is 11.9. The average molecular weight is 225 g/mol. The van der Waals surface area contributed by atoms with Crippen molar-refractivity contribution in [1.29, 1.82) is 0 Å². The Kier molecular flexibility index (Phi) is 4.18. The molecule has 0 radical (unpaired) electrons. The van der Waals surface area contributed by atoms with Crippen molar-refractivity contribution in [3.63, 3.8) is 0 Å². The van der Waals surface area contributed by atoms with Gasteiger partial charge in [-0.15, -0.1) is 0 Å². The summed E-state index contributed by atoms with van der Waals surface area (Å²) in [5.41, 5.74) is 0. The predicted molar refractivity (Wildman–Crippen MR) is 64.3 cm³/mol. The number of hydrogen-bond donors (Lipinski definition) is 2. The lowest BCUT2D eigenvalue weighted by molar-refractivity contribution is -0.127. The monoisotopic (exact) mass is 225 g/mol. The Morgan fingerprint density at radius 3 is 3.00 bits per heavy atom. The number of nitrogens with one attached hydrogen (secondary N) is 2. The smallest absolute Gasteiger partial charge is 0.238 e. The molecule has 92 valence electrons. The molecule has 2 rings (SSSR count). The molecule has 4 heteroatoms. The van der Waals surface area contributed by atoms with Crippen LogP contribution in [0.3, 0.4) is 0 Å². The van der Waals surface area contributed by atoms with E-state index in [2.05, 4.69) is 15.5 Å². The van der Waals surface area contributed by atoms with Gasteiger partial charge in [-0.05, 0) is 25.8 Å². The Hall–Kier alpha value is -0.610. The lowest BCUT2D eigenvalue weighted by Crippen LogP contribution is -2.58. The van der Waals surface area contributed by atoms with Crippen molar-refractivity contribution < 1.29 is 4.79 Å². The summed E-state index contributed by atoms with van der Waals surface area (Å²) in [7, 11) is 0. The van der Waals surface area contributed by atoms with Crippen LogP contribution in [0.4, 0.5) is 0 Å². The van der Waals surface area contributed by atoms with Gasteiger partial charge in [0.15, 0.2) is 0 Å². The van der Waals surface area contributed by atoms with Crippen molar-refractivity contribution in [3.05, 3.63) is 0 Å². The summed E-state index contributed by atoms with van der Waals surface area (Å²) >= 11 is 0. The van der Waals surface area contributed by atoms with Crippen LogP contribution in [0.25, 0.3) is 0 Å². The van der Waals surface area contributed by atoms with E-state index in [4.69, 9.17) is 0 Å². The van der Waals surface area contributed by atoms with Crippen LogP contribution >= 0.6 is 0 Å². The van der Waals surface area contributed by atoms with E-state index in [0.717, 1.165) is 38.6 Å². The third-order valence-electron chi connectivity index (χ3n) is 3.53. The van der Waals surface area contributed by atoms with Gasteiger partial charge in [-0.1, -0.05) is 12.8 Å². The van der Waals surface area contributed by atoms with Gasteiger partial charge in [0.25, 0.3) is 0 Å². The van der Waals surface area contributed by atoms with Crippen molar-refractivity contribution >= 4 is 5.91 Å². The first-order chi connectivity index (χ1) is 7.81. The average Bonchev–Trinajstić information content (AvgIpc) is 3.11. The van der Waals surface area contributed by atoms with Gasteiger partial charge in [0, 0.05) is 26.2 Å². The van der Waals surface area contributed by atoms with Crippen LogP contribution in [0.15, 0.2) is 0 Å². The molecule has 0 aromatic rings. The Morgan fingerprint density at radius 1 is 1.50 bits per heavy atom. The third-order valence-corrected chi connectivity index (χ3v) is 3.53. The number of carbonyl (C=O) groups is 1. The molecule has 0 spiro atoms. The molecular weight excluding hydrogens is 202 g/mol. The summed E-state index contributed by atoms with van der Waals surface area (Å²) in [4.78, 5) is 14.2. The fourth-order valence-electron chi connectivity index (χ4n) is 2.32. The lowest BCUT2D eigenvalue weighted by Gasteiger charge is -2.35. The van der Waals surface area contributed by atoms with E-state index in [-0.39, 0.29) is 11.9 Å². The SMILES string of the molecule is CCNC(=O)C1CNCCN1CCC1CC1. The highest BCUT2D eigenvalue weighted by Crippen LogP contribution is 2.32. The number of amides is 1. The van der Waals surface area contributed by atoms with Crippen LogP contribution in [0.1, 0.15) is 26.2 Å². The third kappa shape index (κ3) is 3.19. The number of nitrogens with zero attached hydrogens (tertiary/aromatic N) is 1. The zero-order chi connectivity index (χ0) is 11.4. The van der Waals surface area contributed by atoms with Crippen LogP contribution in [0, 0.1) is 5.92 Å². The summed E-state index contributed by atoms with van der Waals surface area (Å²) < 4.78 is 0. The minimum absolute atomic E-state index is 0.0486. The molecule has 1 aliphatic carbocycles. The molecule has 1 heterocycles. The van der Waals surface area contributed by atoms with Crippen molar-refractivity contribution in [2.24, 2.45) is 5.92 Å². The first-order valence-corrected chi connectivity index (χ1v) is 6.53. The molecule has 2 N–H and O–H groups in total. The zero-order valence-corrected chi connectivity index (χ0v) is 10.2. The van der Waals surface area contributed by atoms with Crippen molar-refractivity contribution in [2.45, 2.75) is 32.2 Å². The van der Waals surface area contributed by atoms with E-state index in [9.17, 15) is 4.79 Å². The Labute approximate surface area is 97.8 Å². The fraction of sp³-hybridized carbons (Fsp3) is 0.917. The molecule has 1 saturated carbocycles. The van der Waals surface area contributed by atoms with E-state index in [1.54, 1.807) is 0 Å². The summed E-state index contributed by atoms with van der Waals surface area (Å²) in [5.74, 6) is 1.13. The molecule has 1 amide bonds. The van der Waals surface area contributed by atoms with Gasteiger partial charge in [-0.2, -0.15) is 0 Å². The van der Waals surface area contributed by atoms with Crippen LogP contribution in [-0.2, 0) is 4.79 Å². The van der Waals surface area contributed by atoms with Crippen molar-refractivity contribution in [2.75, 3.05) is 32.7 Å². The van der Waals surface area contributed by atoms with E-state index < -0.39 is 0 Å². The quantitative estimate of drug-likeness (QED) is 0.702. The molecule has 1 unspecified atom stereocenters. The molecule has 1 atom stereocenters. The largest absolute Gasteiger partial charge is 0.355 e. The van der Waals surface area contributed by atoms with Gasteiger partial charge in [-0.25, -0.2) is 0 Å². The standard InChI is InChI=1S/C12H23N3O/c1-2-14-12(16)11-9-13-6-8-15(11)7-5-10-3-4-10/h10-11,13H,2-9H2,1H3,(H,14,16). The normalized spacial score (nSPS) is 26.7. The molecule has 1 aliphatic heterocycles. The van der Waals surface area contributed by atoms with Gasteiger partial charge in [0.1, 0.15) is 6.04 Å². The fourth-order valence-corrected chi connectivity index (χ4v) is 2.32. The molecule has 4 nitrogen and oxygen atoms in total. The van der Waals surface area contributed by atoms with Gasteiger partial charge in [0.05, 0.1) is 0 Å². The Balaban J connectivity index is 1.82. The molecule has 0 aromatic heterocycles. The molecule has 1 saturated heterocycles. The minimum Gasteiger partial charge on any atom is -0.355 e. The maximum Gasteiger partial charge on any atom is 0.238 e. The molecule has 0 aromatic carbocycles. The lowest BCUT2D eigenvalue weighted by atomic mass is 10.1. The molecule has 2 aliphatic rings. The Bertz CT molecular complexity index is 240. The second-order valence-electron chi connectivity index (χ2n) is 4.88. The highest BCUT2D eigenvalue weighted by Gasteiger charge is 2.29. The van der Waals surface area contributed by atoms with Crippen molar-refractivity contribution in [3.8, 4) is 0 Å². The van der Waals surface area contributed by atoms with Crippen LogP contribution in [0.2, 0.25) is 0 Å². The van der Waals surface area contributed by atoms with Gasteiger partial charge < -0.3 is 10.6 Å². The van der Waals surface area contributed by atoms with Crippen LogP contribution < -0.4 is 10.6 Å². The van der Waals surface area contributed by atoms with Crippen molar-refractivity contribution in [1.82, 2.24) is 15.5 Å². The molecule has 0 bridgehead atoms. The summed E-state index contributed by atoms with van der Waals surface area (Å²) in [6.45, 7) is 6.62. The summed E-state index contributed by atoms with van der Waals surface area (Å²) in [6, 6.07) is 0.0486. The van der Waals surface area contributed by atoms with E-state index in [1.807, 2.05) is 6.92 Å². The maximum absolute atomic E-state index is 11.9. The minimum atomic E-state index is 0.0486. The first kappa shape index (κ1) is 11.9. The Morgan fingerprint density at radius 2 is 2.31 bits per heavy atom. The number of hydrogen-bond acceptors (Lipinski definition) is 3. The highest BCUT2D eigenvalue weighted by molar-refractivity contribution is 5.82. The second-order valence-corrected chi connectivity index (χ2v) is 4.88. The zero-order valence-electron chi connectivity index (χ0n) is 10.2. The van der Waals surface area contributed by atoms with Gasteiger partial charge >= 0.3 is 0 Å². The van der Waals surface area contributed by atoms with E-state index in [0.29, 0.717) is 0 Å². The number of likely N-dealkylation sites (N-methyl/N-ethyl adjacent to an activating group) is 1. The summed E-state index contributed by atoms with van der Waals surface area (Å²) in [5, 5.41) is 6.23. The summed E-state index contributed by atoms with van der Waals surface area (Å²) in [6.07, 6.45) is 4.08. The van der Waals surface area contributed by atoms with E-state index >= 15 is 0 Å². The van der Waals surface area contributed by atoms with Crippen LogP contribution in [0.5, 0.6) is 0 Å². The topological polar surface area (TPSA) is 44.4 Å². The van der Waals surface area contributed by atoms with E-state index in [1.165, 1.54) is 19.3 Å². The second kappa shape index (κ2) is 5.64. The molecular formula is C12H23N3O. The van der Waals surface area contributed by atoms with Gasteiger partial charge in [0.2, 0.25) is 5.91 Å². The number of carbonyl (C=O) groups excluding carboxylic acids is 1. The number of piperazine rings is 1.